The second-order valence-electron chi connectivity index (χ2n) is 12.5. The van der Waals surface area contributed by atoms with E-state index in [1.54, 1.807) is 12.4 Å². The molecule has 5 aromatic carbocycles. The van der Waals surface area contributed by atoms with E-state index in [1.807, 2.05) is 55.5 Å². The van der Waals surface area contributed by atoms with Gasteiger partial charge in [-0.15, -0.1) is 0 Å². The predicted octanol–water partition coefficient (Wildman–Crippen LogP) is 9.26. The van der Waals surface area contributed by atoms with Crippen LogP contribution in [0.4, 0.5) is 0 Å². The molecule has 1 atom stereocenters. The van der Waals surface area contributed by atoms with E-state index in [0.717, 1.165) is 32.2 Å². The monoisotopic (exact) mass is 716 g/mol. The average molecular weight is 718 g/mol. The molecule has 8 heteroatoms. The van der Waals surface area contributed by atoms with E-state index in [2.05, 4.69) is 127 Å². The number of aromatic nitrogens is 5. The first-order chi connectivity index (χ1) is 24.5. The first kappa shape index (κ1) is 31.4. The van der Waals surface area contributed by atoms with Gasteiger partial charge in [0.05, 0.1) is 40.2 Å². The van der Waals surface area contributed by atoms with Gasteiger partial charge in [-0.2, -0.15) is 0 Å². The Morgan fingerprint density at radius 2 is 1.34 bits per heavy atom. The first-order valence-electron chi connectivity index (χ1n) is 16.5. The number of hydrogen-bond donors (Lipinski definition) is 2. The van der Waals surface area contributed by atoms with Crippen molar-refractivity contribution in [2.45, 2.75) is 24.9 Å². The maximum absolute atomic E-state index is 13.5. The molecule has 0 unspecified atom stereocenters. The van der Waals surface area contributed by atoms with Crippen LogP contribution in [0.2, 0.25) is 0 Å². The van der Waals surface area contributed by atoms with Crippen molar-refractivity contribution in [1.29, 1.82) is 0 Å². The van der Waals surface area contributed by atoms with Gasteiger partial charge in [-0.1, -0.05) is 119 Å². The first-order valence-corrected chi connectivity index (χ1v) is 17.3. The Bertz CT molecular complexity index is 2330. The van der Waals surface area contributed by atoms with Gasteiger partial charge in [0.1, 0.15) is 0 Å². The van der Waals surface area contributed by atoms with Gasteiger partial charge in [-0.05, 0) is 65.6 Å². The quantitative estimate of drug-likeness (QED) is 0.146. The van der Waals surface area contributed by atoms with Crippen LogP contribution in [0.25, 0.3) is 33.2 Å². The summed E-state index contributed by atoms with van der Waals surface area (Å²) in [4.78, 5) is 27.2. The fourth-order valence-electron chi connectivity index (χ4n) is 6.94. The highest BCUT2D eigenvalue weighted by Crippen LogP contribution is 2.42. The van der Waals surface area contributed by atoms with Crippen LogP contribution >= 0.6 is 15.9 Å². The van der Waals surface area contributed by atoms with Crippen LogP contribution in [0.1, 0.15) is 45.8 Å². The molecule has 0 saturated carbocycles. The molecule has 0 radical (unpaired) electrons. The minimum absolute atomic E-state index is 0.141. The molecule has 0 fully saturated rings. The third-order valence-electron chi connectivity index (χ3n) is 9.42. The molecule has 1 amide bonds. The molecule has 3 heterocycles. The second-order valence-corrected chi connectivity index (χ2v) is 13.4. The van der Waals surface area contributed by atoms with Crippen LogP contribution in [0, 0.1) is 0 Å². The summed E-state index contributed by atoms with van der Waals surface area (Å²) in [6.07, 6.45) is 3.59. The van der Waals surface area contributed by atoms with Crippen LogP contribution in [0.3, 0.4) is 0 Å². The van der Waals surface area contributed by atoms with E-state index >= 15 is 0 Å². The van der Waals surface area contributed by atoms with E-state index in [4.69, 9.17) is 9.97 Å². The van der Waals surface area contributed by atoms with Crippen LogP contribution in [-0.4, -0.2) is 30.6 Å². The zero-order chi connectivity index (χ0) is 34.1. The molecule has 0 aliphatic carbocycles. The summed E-state index contributed by atoms with van der Waals surface area (Å²) in [5.74, 6) is -0.180. The van der Waals surface area contributed by atoms with Crippen molar-refractivity contribution < 1.29 is 4.79 Å². The molecule has 2 N–H and O–H groups in total. The number of nitrogens with zero attached hydrogens (tertiary/aromatic N) is 4. The van der Waals surface area contributed by atoms with Gasteiger partial charge in [-0.25, -0.2) is 9.97 Å². The Morgan fingerprint density at radius 3 is 1.92 bits per heavy atom. The number of fused-ring (bicyclic) bond motifs is 2. The van der Waals surface area contributed by atoms with E-state index in [0.29, 0.717) is 17.6 Å². The molecule has 3 aromatic heterocycles. The van der Waals surface area contributed by atoms with Gasteiger partial charge in [-0.3, -0.25) is 19.6 Å². The third-order valence-corrected chi connectivity index (χ3v) is 9.91. The van der Waals surface area contributed by atoms with Crippen molar-refractivity contribution >= 4 is 43.8 Å². The molecule has 0 spiro atoms. The summed E-state index contributed by atoms with van der Waals surface area (Å²) < 4.78 is 3.16. The van der Waals surface area contributed by atoms with Crippen LogP contribution in [-0.2, 0) is 12.0 Å². The van der Waals surface area contributed by atoms with E-state index in [1.165, 1.54) is 16.7 Å². The Hall–Kier alpha value is -5.86. The lowest BCUT2D eigenvalue weighted by Gasteiger charge is -2.36. The maximum Gasteiger partial charge on any atom is 0.289 e. The molecule has 0 saturated heterocycles. The molecule has 0 aliphatic rings. The van der Waals surface area contributed by atoms with Gasteiger partial charge in [0, 0.05) is 27.8 Å². The number of amides is 1. The molecule has 7 nitrogen and oxygen atoms in total. The minimum atomic E-state index is -0.554. The van der Waals surface area contributed by atoms with E-state index in [-0.39, 0.29) is 17.8 Å². The number of nitrogens with one attached hydrogen (secondary N) is 2. The number of H-pyrrole nitrogens is 1. The number of aromatic amines is 1. The molecule has 0 bridgehead atoms. The van der Waals surface area contributed by atoms with Crippen molar-refractivity contribution in [2.75, 3.05) is 0 Å². The number of halogens is 1. The highest BCUT2D eigenvalue weighted by molar-refractivity contribution is 9.10. The number of pyridine rings is 1. The molecule has 50 heavy (non-hydrogen) atoms. The SMILES string of the molecule is C[C@@H](NC(=O)c1nc2cc3c(-c4ccncc4)[nH]n(CC(c4ccccc4)(c4ccccc4)c4ccccc4)c3cc2n1)c1cccc(Br)c1. The molecule has 0 aliphatic heterocycles. The predicted molar refractivity (Wildman–Crippen MR) is 202 cm³/mol. The Morgan fingerprint density at radius 1 is 0.760 bits per heavy atom. The van der Waals surface area contributed by atoms with Gasteiger partial charge in [0.2, 0.25) is 5.82 Å². The smallest absolute Gasteiger partial charge is 0.289 e. The van der Waals surface area contributed by atoms with Crippen LogP contribution < -0.4 is 5.32 Å². The van der Waals surface area contributed by atoms with Gasteiger partial charge >= 0.3 is 0 Å². The van der Waals surface area contributed by atoms with Crippen LogP contribution in [0.5, 0.6) is 0 Å². The number of carbonyl (C=O) groups is 1. The summed E-state index contributed by atoms with van der Waals surface area (Å²) in [5.41, 5.74) is 8.13. The largest absolute Gasteiger partial charge is 0.343 e. The zero-order valence-electron chi connectivity index (χ0n) is 27.3. The van der Waals surface area contributed by atoms with Crippen molar-refractivity contribution in [3.05, 3.63) is 184 Å². The summed E-state index contributed by atoms with van der Waals surface area (Å²) in [7, 11) is 0. The number of imidazole rings is 1. The second kappa shape index (κ2) is 13.2. The lowest BCUT2D eigenvalue weighted by atomic mass is 9.69. The van der Waals surface area contributed by atoms with Crippen molar-refractivity contribution in [2.24, 2.45) is 0 Å². The molecule has 244 valence electrons. The van der Waals surface area contributed by atoms with Crippen molar-refractivity contribution in [1.82, 2.24) is 30.0 Å². The Labute approximate surface area is 298 Å². The van der Waals surface area contributed by atoms with Crippen molar-refractivity contribution in [3.8, 4) is 11.3 Å². The highest BCUT2D eigenvalue weighted by Gasteiger charge is 2.37. The summed E-state index contributed by atoms with van der Waals surface area (Å²) >= 11 is 3.52. The maximum atomic E-state index is 13.5. The molecule has 8 aromatic rings. The van der Waals surface area contributed by atoms with Gasteiger partial charge < -0.3 is 5.32 Å². The summed E-state index contributed by atoms with van der Waals surface area (Å²) in [5, 5.41) is 7.81. The topological polar surface area (TPSA) is 88.5 Å². The summed E-state index contributed by atoms with van der Waals surface area (Å²) in [6.45, 7) is 2.51. The third kappa shape index (κ3) is 5.77. The highest BCUT2D eigenvalue weighted by atomic mass is 79.9. The fraction of sp³-hybridized carbons (Fsp3) is 0.0952. The number of carbonyl (C=O) groups excluding carboxylic acids is 1. The number of hydrogen-bond acceptors (Lipinski definition) is 4. The normalized spacial score (nSPS) is 12.3. The Balaban J connectivity index is 1.29. The number of benzene rings is 5. The van der Waals surface area contributed by atoms with E-state index < -0.39 is 5.41 Å². The fourth-order valence-corrected chi connectivity index (χ4v) is 7.36. The number of rotatable bonds is 9. The molecule has 8 rings (SSSR count). The van der Waals surface area contributed by atoms with Gasteiger partial charge in [0.25, 0.3) is 5.91 Å². The van der Waals surface area contributed by atoms with Crippen molar-refractivity contribution in [3.63, 3.8) is 0 Å². The average Bonchev–Trinajstić information content (AvgIpc) is 3.75. The summed E-state index contributed by atoms with van der Waals surface area (Å²) in [6, 6.07) is 47.7. The molecular weight excluding hydrogens is 684 g/mol. The molecular formula is C42H33BrN6O. The zero-order valence-corrected chi connectivity index (χ0v) is 28.9. The van der Waals surface area contributed by atoms with E-state index in [9.17, 15) is 4.79 Å². The minimum Gasteiger partial charge on any atom is -0.343 e. The van der Waals surface area contributed by atoms with Gasteiger partial charge in [0.15, 0.2) is 0 Å². The standard InChI is InChI=1S/C42H33BrN6O/c1-28(30-12-11-19-34(43)24-30)45-41(50)40-46-36-25-35-38(26-37(36)47-40)49(48-39(35)29-20-22-44-23-21-29)27-42(31-13-5-2-6-14-31,32-15-7-3-8-16-32)33-17-9-4-10-18-33/h2-26,28,48H,27H2,1H3,(H,45,50)/t28-/m1/s1. The lowest BCUT2D eigenvalue weighted by molar-refractivity contribution is 0.0930. The van der Waals surface area contributed by atoms with Crippen LogP contribution in [0.15, 0.2) is 156 Å². The Kier molecular flexibility index (Phi) is 8.30. The lowest BCUT2D eigenvalue weighted by Crippen LogP contribution is -2.35.